The molecule has 1 heterocycles. The number of rotatable bonds is 5. The van der Waals surface area contributed by atoms with Gasteiger partial charge in [-0.3, -0.25) is 4.90 Å². The topological polar surface area (TPSA) is 44.9 Å². The second kappa shape index (κ2) is 8.03. The number of hydrogen-bond acceptors (Lipinski definition) is 3. The van der Waals surface area contributed by atoms with Gasteiger partial charge in [-0.05, 0) is 43.3 Å². The van der Waals surface area contributed by atoms with E-state index in [-0.39, 0.29) is 0 Å². The van der Waals surface area contributed by atoms with Gasteiger partial charge in [0.15, 0.2) is 0 Å². The normalized spacial score (nSPS) is 19.0. The summed E-state index contributed by atoms with van der Waals surface area (Å²) in [6, 6.07) is 27.8. The molecule has 0 amide bonds. The molecular weight excluding hydrogens is 372 g/mol. The van der Waals surface area contributed by atoms with Gasteiger partial charge in [0, 0.05) is 25.3 Å². The van der Waals surface area contributed by atoms with Crippen molar-refractivity contribution in [3.63, 3.8) is 0 Å². The van der Waals surface area contributed by atoms with E-state index in [1.807, 2.05) is 79.7 Å². The zero-order valence-electron chi connectivity index (χ0n) is 17.6. The highest BCUT2D eigenvalue weighted by Gasteiger charge is 2.54. The molecule has 5 nitrogen and oxygen atoms in total. The highest BCUT2D eigenvalue weighted by Crippen LogP contribution is 2.39. The molecular formula is C25H26N4O. The van der Waals surface area contributed by atoms with Crippen LogP contribution in [0.4, 0.5) is 5.69 Å². The first-order valence-electron chi connectivity index (χ1n) is 10.0. The van der Waals surface area contributed by atoms with Crippen LogP contribution in [-0.4, -0.2) is 42.3 Å². The quantitative estimate of drug-likeness (QED) is 0.280. The average molecular weight is 399 g/mol. The summed E-state index contributed by atoms with van der Waals surface area (Å²) in [5, 5.41) is 14.0. The molecule has 0 N–H and O–H groups in total. The van der Waals surface area contributed by atoms with Gasteiger partial charge in [0.05, 0.1) is 11.9 Å². The molecule has 1 unspecified atom stereocenters. The van der Waals surface area contributed by atoms with Gasteiger partial charge in [-0.25, -0.2) is 0 Å². The third kappa shape index (κ3) is 3.43. The molecule has 3 aromatic carbocycles. The van der Waals surface area contributed by atoms with Crippen LogP contribution in [0.15, 0.2) is 89.9 Å². The van der Waals surface area contributed by atoms with Gasteiger partial charge in [0.1, 0.15) is 6.54 Å². The zero-order chi connectivity index (χ0) is 21.1. The minimum atomic E-state index is -1.23. The Morgan fingerprint density at radius 2 is 1.53 bits per heavy atom. The van der Waals surface area contributed by atoms with E-state index in [1.165, 1.54) is 5.56 Å². The van der Waals surface area contributed by atoms with Gasteiger partial charge in [-0.15, -0.1) is 0 Å². The highest BCUT2D eigenvalue weighted by atomic mass is 16.5. The van der Waals surface area contributed by atoms with Gasteiger partial charge in [-0.1, -0.05) is 54.1 Å². The van der Waals surface area contributed by atoms with Crippen molar-refractivity contribution in [1.29, 1.82) is 0 Å². The van der Waals surface area contributed by atoms with Crippen LogP contribution in [0.1, 0.15) is 16.7 Å². The Morgan fingerprint density at radius 1 is 0.933 bits per heavy atom. The summed E-state index contributed by atoms with van der Waals surface area (Å²) in [7, 11) is 3.81. The predicted molar refractivity (Wildman–Crippen MR) is 123 cm³/mol. The smallest absolute Gasteiger partial charge is 0.378 e. The average Bonchev–Trinajstić information content (AvgIpc) is 3.07. The fourth-order valence-electron chi connectivity index (χ4n) is 3.78. The third-order valence-corrected chi connectivity index (χ3v) is 5.30. The Hall–Kier alpha value is -3.60. The maximum atomic E-state index is 14.0. The molecule has 0 spiro atoms. The fraction of sp³-hybridized carbons (Fsp3) is 0.200. The summed E-state index contributed by atoms with van der Waals surface area (Å²) in [6.45, 7) is 2.51. The molecule has 1 aliphatic rings. The van der Waals surface area contributed by atoms with E-state index in [1.54, 1.807) is 6.34 Å². The predicted octanol–water partition coefficient (Wildman–Crippen LogP) is 4.22. The van der Waals surface area contributed by atoms with Crippen LogP contribution in [-0.2, 0) is 5.79 Å². The van der Waals surface area contributed by atoms with Crippen molar-refractivity contribution in [1.82, 2.24) is 4.90 Å². The van der Waals surface area contributed by atoms with E-state index in [0.29, 0.717) is 12.3 Å². The number of hydroxylamine groups is 1. The molecule has 0 fully saturated rings. The van der Waals surface area contributed by atoms with Crippen molar-refractivity contribution in [3.05, 3.63) is 107 Å². The molecule has 0 radical (unpaired) electrons. The standard InChI is InChI=1S/C25H26N4O/c1-20-14-16-23(17-15-20)28-18-24(21-10-6-4-7-11-21)29(30)25(28,26-19-27(2)3)22-12-8-5-9-13-22/h4-17,19H,18H2,1-3H3/b26-19+. The van der Waals surface area contributed by atoms with Crippen molar-refractivity contribution >= 4 is 17.7 Å². The highest BCUT2D eigenvalue weighted by molar-refractivity contribution is 6.01. The van der Waals surface area contributed by atoms with Gasteiger partial charge in [-0.2, -0.15) is 9.73 Å². The number of aliphatic imine (C=N–C) groups is 1. The Labute approximate surface area is 177 Å². The third-order valence-electron chi connectivity index (χ3n) is 5.30. The van der Waals surface area contributed by atoms with Gasteiger partial charge in [0.2, 0.25) is 5.71 Å². The summed E-state index contributed by atoms with van der Waals surface area (Å²) < 4.78 is 1.07. The van der Waals surface area contributed by atoms with Crippen LogP contribution >= 0.6 is 0 Å². The molecule has 152 valence electrons. The monoisotopic (exact) mass is 398 g/mol. The van der Waals surface area contributed by atoms with Crippen LogP contribution in [0.25, 0.3) is 0 Å². The Kier molecular flexibility index (Phi) is 5.27. The molecule has 4 rings (SSSR count). The lowest BCUT2D eigenvalue weighted by atomic mass is 10.1. The minimum Gasteiger partial charge on any atom is -0.620 e. The van der Waals surface area contributed by atoms with Gasteiger partial charge >= 0.3 is 5.79 Å². The zero-order valence-corrected chi connectivity index (χ0v) is 17.6. The van der Waals surface area contributed by atoms with E-state index in [9.17, 15) is 5.21 Å². The SMILES string of the molecule is Cc1ccc(N2CC(c3ccccc3)=[N+]([O-])C2(/N=C/N(C)C)c2ccccc2)cc1. The van der Waals surface area contributed by atoms with Crippen molar-refractivity contribution in [3.8, 4) is 0 Å². The number of nitrogens with zero attached hydrogens (tertiary/aromatic N) is 4. The fourth-order valence-corrected chi connectivity index (χ4v) is 3.78. The number of aryl methyl sites for hydroxylation is 1. The molecule has 0 aliphatic carbocycles. The number of benzene rings is 3. The number of anilines is 1. The lowest BCUT2D eigenvalue weighted by Gasteiger charge is -2.33. The first-order valence-corrected chi connectivity index (χ1v) is 10.0. The summed E-state index contributed by atoms with van der Waals surface area (Å²) >= 11 is 0. The van der Waals surface area contributed by atoms with Crippen LogP contribution in [0, 0.1) is 12.1 Å². The first-order chi connectivity index (χ1) is 14.5. The maximum absolute atomic E-state index is 14.0. The largest absolute Gasteiger partial charge is 0.620 e. The van der Waals surface area contributed by atoms with Gasteiger partial charge in [0.25, 0.3) is 0 Å². The van der Waals surface area contributed by atoms with Gasteiger partial charge < -0.3 is 10.1 Å². The summed E-state index contributed by atoms with van der Waals surface area (Å²) in [5.41, 5.74) is 4.54. The Bertz CT molecular complexity index is 1060. The van der Waals surface area contributed by atoms with E-state index in [2.05, 4.69) is 36.1 Å². The van der Waals surface area contributed by atoms with E-state index >= 15 is 0 Å². The lowest BCUT2D eigenvalue weighted by Crippen LogP contribution is -2.47. The van der Waals surface area contributed by atoms with Crippen molar-refractivity contribution < 1.29 is 4.74 Å². The molecule has 0 bridgehead atoms. The summed E-state index contributed by atoms with van der Waals surface area (Å²) in [4.78, 5) is 8.81. The Balaban J connectivity index is 1.98. The second-order valence-corrected chi connectivity index (χ2v) is 7.74. The van der Waals surface area contributed by atoms with Crippen LogP contribution in [0.2, 0.25) is 0 Å². The number of hydrogen-bond donors (Lipinski definition) is 0. The van der Waals surface area contributed by atoms with E-state index < -0.39 is 5.79 Å². The Morgan fingerprint density at radius 3 is 2.13 bits per heavy atom. The summed E-state index contributed by atoms with van der Waals surface area (Å²) in [5.74, 6) is -1.23. The van der Waals surface area contributed by atoms with E-state index in [0.717, 1.165) is 21.6 Å². The second-order valence-electron chi connectivity index (χ2n) is 7.74. The van der Waals surface area contributed by atoms with Crippen LogP contribution in [0.5, 0.6) is 0 Å². The molecule has 1 aliphatic heterocycles. The molecule has 1 atom stereocenters. The van der Waals surface area contributed by atoms with Crippen LogP contribution < -0.4 is 4.90 Å². The first kappa shape index (κ1) is 19.7. The molecule has 0 saturated heterocycles. The lowest BCUT2D eigenvalue weighted by molar-refractivity contribution is -0.547. The van der Waals surface area contributed by atoms with Crippen molar-refractivity contribution in [2.45, 2.75) is 12.7 Å². The van der Waals surface area contributed by atoms with Crippen LogP contribution in [0.3, 0.4) is 0 Å². The molecule has 0 aromatic heterocycles. The molecule has 3 aromatic rings. The van der Waals surface area contributed by atoms with E-state index in [4.69, 9.17) is 4.99 Å². The molecule has 30 heavy (non-hydrogen) atoms. The molecule has 0 saturated carbocycles. The maximum Gasteiger partial charge on any atom is 0.378 e. The summed E-state index contributed by atoms with van der Waals surface area (Å²) in [6.07, 6.45) is 1.72. The molecule has 5 heteroatoms. The minimum absolute atomic E-state index is 0.455. The van der Waals surface area contributed by atoms with Crippen molar-refractivity contribution in [2.24, 2.45) is 4.99 Å². The van der Waals surface area contributed by atoms with Crippen molar-refractivity contribution in [2.75, 3.05) is 25.5 Å².